The number of aliphatic hydroxyl groups is 4. The highest BCUT2D eigenvalue weighted by Gasteiger charge is 2.56. The number of aliphatic hydroxyl groups excluding tert-OH is 4. The van der Waals surface area contributed by atoms with E-state index in [1.54, 1.807) is 0 Å². The fraction of sp³-hybridized carbons (Fsp3) is 0.611. The molecular formula is C18H25I3N2O8. The summed E-state index contributed by atoms with van der Waals surface area (Å²) in [5.74, 6) is -2.18. The van der Waals surface area contributed by atoms with Crippen LogP contribution in [0.3, 0.4) is 0 Å². The third-order valence-electron chi connectivity index (χ3n) is 4.94. The van der Waals surface area contributed by atoms with Gasteiger partial charge < -0.3 is 35.3 Å². The van der Waals surface area contributed by atoms with Crippen LogP contribution in [0.25, 0.3) is 0 Å². The van der Waals surface area contributed by atoms with Crippen molar-refractivity contribution in [3.63, 3.8) is 0 Å². The van der Waals surface area contributed by atoms with Crippen LogP contribution < -0.4 is 0 Å². The van der Waals surface area contributed by atoms with Gasteiger partial charge in [-0.2, -0.15) is 0 Å². The lowest BCUT2D eigenvalue weighted by Gasteiger charge is -2.45. The molecular weight excluding hydrogens is 753 g/mol. The summed E-state index contributed by atoms with van der Waals surface area (Å²) in [6.45, 7) is 0.975. The normalized spacial score (nSPS) is 23.5. The molecule has 0 aromatic rings. The van der Waals surface area contributed by atoms with E-state index >= 15 is 0 Å². The molecule has 4 unspecified atom stereocenters. The molecule has 0 saturated carbocycles. The lowest BCUT2D eigenvalue weighted by molar-refractivity contribution is -0.148. The van der Waals surface area contributed by atoms with Crippen molar-refractivity contribution in [2.24, 2.45) is 5.41 Å². The molecule has 1 aliphatic carbocycles. The molecule has 1 aliphatic rings. The molecule has 13 heteroatoms. The first-order chi connectivity index (χ1) is 14.3. The Morgan fingerprint density at radius 3 is 1.97 bits per heavy atom. The van der Waals surface area contributed by atoms with E-state index in [0.29, 0.717) is 3.58 Å². The third-order valence-corrected chi connectivity index (χ3v) is 9.13. The first kappa shape index (κ1) is 29.0. The number of amides is 2. The predicted octanol–water partition coefficient (Wildman–Crippen LogP) is 0.591. The van der Waals surface area contributed by atoms with Crippen molar-refractivity contribution in [2.45, 2.75) is 36.4 Å². The van der Waals surface area contributed by atoms with Crippen LogP contribution in [0.1, 0.15) is 20.3 Å². The maximum Gasteiger partial charge on any atom is 0.316 e. The number of carboxylic acids is 1. The average Bonchev–Trinajstić information content (AvgIpc) is 2.69. The van der Waals surface area contributed by atoms with Crippen LogP contribution in [0.15, 0.2) is 18.6 Å². The van der Waals surface area contributed by atoms with E-state index in [1.165, 1.54) is 30.7 Å². The molecule has 5 N–H and O–H groups in total. The molecule has 176 valence electrons. The number of hydrogen-bond acceptors (Lipinski definition) is 7. The SMILES string of the molecule is CC(=O)N(C)C1=C(I)C(CC(O)CO)(C(=O)O)C(I)C(N(CC(O)CO)C(C)=O)=C1I. The molecule has 4 atom stereocenters. The van der Waals surface area contributed by atoms with E-state index in [-0.39, 0.29) is 33.8 Å². The molecule has 0 heterocycles. The van der Waals surface area contributed by atoms with Gasteiger partial charge in [0, 0.05) is 24.5 Å². The second-order valence-corrected chi connectivity index (χ2v) is 10.5. The molecule has 10 nitrogen and oxygen atoms in total. The first-order valence-electron chi connectivity index (χ1n) is 9.05. The summed E-state index contributed by atoms with van der Waals surface area (Å²) in [5.41, 5.74) is -1.28. The first-order valence-corrected chi connectivity index (χ1v) is 12.5. The summed E-state index contributed by atoms with van der Waals surface area (Å²) >= 11 is 5.63. The summed E-state index contributed by atoms with van der Waals surface area (Å²) in [6, 6.07) is 0. The van der Waals surface area contributed by atoms with Gasteiger partial charge >= 0.3 is 5.97 Å². The molecule has 0 saturated heterocycles. The van der Waals surface area contributed by atoms with Crippen molar-refractivity contribution in [1.29, 1.82) is 0 Å². The minimum Gasteiger partial charge on any atom is -0.481 e. The molecule has 1 rings (SSSR count). The number of rotatable bonds is 9. The Balaban J connectivity index is 3.97. The van der Waals surface area contributed by atoms with Gasteiger partial charge in [-0.25, -0.2) is 0 Å². The Bertz CT molecular complexity index is 803. The van der Waals surface area contributed by atoms with Crippen LogP contribution in [0, 0.1) is 5.41 Å². The smallest absolute Gasteiger partial charge is 0.316 e. The number of halogens is 3. The van der Waals surface area contributed by atoms with E-state index in [4.69, 9.17) is 0 Å². The number of carbonyl (C=O) groups is 3. The van der Waals surface area contributed by atoms with Crippen LogP contribution >= 0.6 is 67.8 Å². The van der Waals surface area contributed by atoms with Crippen molar-refractivity contribution >= 4 is 85.6 Å². The Morgan fingerprint density at radius 1 is 1.06 bits per heavy atom. The zero-order valence-electron chi connectivity index (χ0n) is 17.0. The van der Waals surface area contributed by atoms with Gasteiger partial charge in [0.1, 0.15) is 5.41 Å². The third kappa shape index (κ3) is 5.89. The van der Waals surface area contributed by atoms with E-state index in [0.717, 1.165) is 0 Å². The lowest BCUT2D eigenvalue weighted by Crippen LogP contribution is -2.52. The van der Waals surface area contributed by atoms with Gasteiger partial charge in [-0.15, -0.1) is 0 Å². The maximum atomic E-state index is 12.7. The van der Waals surface area contributed by atoms with Gasteiger partial charge in [0.15, 0.2) is 0 Å². The average molecular weight is 778 g/mol. The zero-order valence-corrected chi connectivity index (χ0v) is 23.5. The largest absolute Gasteiger partial charge is 0.481 e. The maximum absolute atomic E-state index is 12.7. The van der Waals surface area contributed by atoms with Crippen molar-refractivity contribution < 1.29 is 39.9 Å². The van der Waals surface area contributed by atoms with Crippen molar-refractivity contribution in [3.05, 3.63) is 18.6 Å². The molecule has 0 bridgehead atoms. The molecule has 2 amide bonds. The Morgan fingerprint density at radius 2 is 1.58 bits per heavy atom. The molecule has 0 aliphatic heterocycles. The topological polar surface area (TPSA) is 159 Å². The highest BCUT2D eigenvalue weighted by Crippen LogP contribution is 2.55. The second-order valence-electron chi connectivity index (χ2n) is 7.09. The van der Waals surface area contributed by atoms with E-state index in [9.17, 15) is 39.9 Å². The Labute approximate surface area is 220 Å². The van der Waals surface area contributed by atoms with Gasteiger partial charge in [0.2, 0.25) is 11.8 Å². The molecule has 0 spiro atoms. The van der Waals surface area contributed by atoms with Crippen LogP contribution in [0.5, 0.6) is 0 Å². The van der Waals surface area contributed by atoms with Gasteiger partial charge in [-0.05, 0) is 51.6 Å². The van der Waals surface area contributed by atoms with E-state index in [2.05, 4.69) is 0 Å². The van der Waals surface area contributed by atoms with Crippen LogP contribution in [-0.2, 0) is 14.4 Å². The summed E-state index contributed by atoms with van der Waals surface area (Å²) in [6.07, 6.45) is -3.01. The predicted molar refractivity (Wildman–Crippen MR) is 137 cm³/mol. The standard InChI is InChI=1S/C18H25I3N2O8/c1-8(26)22(3)13-12(19)14(23(9(2)27)5-11(29)7-25)16(21)18(15(13)20,17(30)31)4-10(28)6-24/h10-11,16,24-25,28-29H,4-7H2,1-3H3,(H,30,31). The van der Waals surface area contributed by atoms with Crippen LogP contribution in [-0.4, -0.2) is 96.1 Å². The van der Waals surface area contributed by atoms with Crippen molar-refractivity contribution in [2.75, 3.05) is 26.8 Å². The van der Waals surface area contributed by atoms with Gasteiger partial charge in [-0.1, -0.05) is 22.6 Å². The number of nitrogens with zero attached hydrogens (tertiary/aromatic N) is 2. The molecule has 0 aromatic heterocycles. The van der Waals surface area contributed by atoms with Gasteiger partial charge in [0.05, 0.1) is 50.9 Å². The van der Waals surface area contributed by atoms with Crippen molar-refractivity contribution in [3.8, 4) is 0 Å². The number of allylic oxidation sites excluding steroid dienone is 2. The molecule has 0 radical (unpaired) electrons. The fourth-order valence-electron chi connectivity index (χ4n) is 3.18. The molecule has 0 fully saturated rings. The van der Waals surface area contributed by atoms with Gasteiger partial charge in [0.25, 0.3) is 0 Å². The minimum absolute atomic E-state index is 0.234. The molecule has 0 aromatic carbocycles. The number of carboxylic acid groups (broad SMARTS) is 1. The van der Waals surface area contributed by atoms with Gasteiger partial charge in [-0.3, -0.25) is 14.4 Å². The Hall–Kier alpha value is -0.0800. The van der Waals surface area contributed by atoms with E-state index < -0.39 is 46.6 Å². The zero-order chi connectivity index (χ0) is 24.3. The highest BCUT2D eigenvalue weighted by atomic mass is 127. The summed E-state index contributed by atoms with van der Waals surface area (Å²) < 4.78 is -0.224. The van der Waals surface area contributed by atoms with Crippen LogP contribution in [0.4, 0.5) is 0 Å². The number of alkyl halides is 1. The number of aliphatic carboxylic acids is 1. The Kier molecular flexibility index (Phi) is 11.1. The second kappa shape index (κ2) is 11.9. The minimum atomic E-state index is -1.77. The fourth-order valence-corrected chi connectivity index (χ4v) is 8.99. The molecule has 31 heavy (non-hydrogen) atoms. The van der Waals surface area contributed by atoms with E-state index in [1.807, 2.05) is 67.8 Å². The monoisotopic (exact) mass is 778 g/mol. The summed E-state index contributed by atoms with van der Waals surface area (Å²) in [4.78, 5) is 39.8. The highest BCUT2D eigenvalue weighted by molar-refractivity contribution is 14.1. The van der Waals surface area contributed by atoms with Crippen molar-refractivity contribution in [1.82, 2.24) is 9.80 Å². The quantitative estimate of drug-likeness (QED) is 0.168. The number of hydrogen-bond donors (Lipinski definition) is 5. The summed E-state index contributed by atoms with van der Waals surface area (Å²) in [7, 11) is 1.47. The van der Waals surface area contributed by atoms with Crippen LogP contribution in [0.2, 0.25) is 0 Å². The number of carbonyl (C=O) groups excluding carboxylic acids is 2. The number of likely N-dealkylation sites (N-methyl/N-ethyl adjacent to an activating group) is 1. The lowest BCUT2D eigenvalue weighted by atomic mass is 9.74. The summed E-state index contributed by atoms with van der Waals surface area (Å²) in [5, 5.41) is 49.1.